The first-order valence-corrected chi connectivity index (χ1v) is 5.11. The first-order valence-electron chi connectivity index (χ1n) is 5.11. The quantitative estimate of drug-likeness (QED) is 0.758. The van der Waals surface area contributed by atoms with E-state index in [0.29, 0.717) is 24.6 Å². The van der Waals surface area contributed by atoms with E-state index in [2.05, 4.69) is 10.1 Å². The van der Waals surface area contributed by atoms with Crippen LogP contribution in [0.15, 0.2) is 6.33 Å². The SMILES string of the molecule is CC(C)C(N)CC(=O)Cc1ncnn1C. The van der Waals surface area contributed by atoms with Crippen LogP contribution >= 0.6 is 0 Å². The molecule has 0 saturated carbocycles. The zero-order valence-electron chi connectivity index (χ0n) is 9.47. The molecular formula is C10H18N4O. The Bertz CT molecular complexity index is 332. The smallest absolute Gasteiger partial charge is 0.142 e. The highest BCUT2D eigenvalue weighted by molar-refractivity contribution is 5.80. The molecule has 84 valence electrons. The molecule has 5 heteroatoms. The van der Waals surface area contributed by atoms with Gasteiger partial charge in [-0.1, -0.05) is 13.8 Å². The summed E-state index contributed by atoms with van der Waals surface area (Å²) in [6.45, 7) is 4.03. The summed E-state index contributed by atoms with van der Waals surface area (Å²) in [7, 11) is 1.78. The molecule has 0 amide bonds. The molecule has 0 aliphatic rings. The molecule has 1 unspecified atom stereocenters. The van der Waals surface area contributed by atoms with Crippen LogP contribution in [-0.2, 0) is 18.3 Å². The van der Waals surface area contributed by atoms with Gasteiger partial charge in [0.05, 0.1) is 6.42 Å². The van der Waals surface area contributed by atoms with Crippen LogP contribution in [0.1, 0.15) is 26.1 Å². The second-order valence-electron chi connectivity index (χ2n) is 4.13. The Morgan fingerprint density at radius 3 is 2.73 bits per heavy atom. The van der Waals surface area contributed by atoms with Crippen molar-refractivity contribution < 1.29 is 4.79 Å². The average molecular weight is 210 g/mol. The van der Waals surface area contributed by atoms with Crippen molar-refractivity contribution in [2.75, 3.05) is 0 Å². The normalized spacial score (nSPS) is 13.1. The van der Waals surface area contributed by atoms with E-state index in [9.17, 15) is 4.79 Å². The van der Waals surface area contributed by atoms with Gasteiger partial charge in [0.25, 0.3) is 0 Å². The summed E-state index contributed by atoms with van der Waals surface area (Å²) in [5.74, 6) is 1.14. The van der Waals surface area contributed by atoms with Crippen LogP contribution in [-0.4, -0.2) is 26.6 Å². The maximum Gasteiger partial charge on any atom is 0.142 e. The molecule has 0 saturated heterocycles. The van der Waals surface area contributed by atoms with Gasteiger partial charge in [0.2, 0.25) is 0 Å². The molecule has 1 aromatic rings. The Balaban J connectivity index is 2.47. The van der Waals surface area contributed by atoms with Crippen LogP contribution in [0.5, 0.6) is 0 Å². The molecule has 0 fully saturated rings. The third kappa shape index (κ3) is 3.43. The minimum Gasteiger partial charge on any atom is -0.327 e. The fourth-order valence-corrected chi connectivity index (χ4v) is 1.23. The summed E-state index contributed by atoms with van der Waals surface area (Å²) in [5.41, 5.74) is 5.82. The lowest BCUT2D eigenvalue weighted by molar-refractivity contribution is -0.119. The van der Waals surface area contributed by atoms with Crippen molar-refractivity contribution in [3.63, 3.8) is 0 Å². The monoisotopic (exact) mass is 210 g/mol. The predicted molar refractivity (Wildman–Crippen MR) is 57.1 cm³/mol. The molecule has 0 bridgehead atoms. The number of aryl methyl sites for hydroxylation is 1. The largest absolute Gasteiger partial charge is 0.327 e. The third-order valence-corrected chi connectivity index (χ3v) is 2.48. The van der Waals surface area contributed by atoms with E-state index in [-0.39, 0.29) is 11.8 Å². The second kappa shape index (κ2) is 5.02. The highest BCUT2D eigenvalue weighted by Crippen LogP contribution is 2.05. The maximum atomic E-state index is 11.6. The van der Waals surface area contributed by atoms with E-state index >= 15 is 0 Å². The summed E-state index contributed by atoms with van der Waals surface area (Å²) in [4.78, 5) is 15.6. The standard InChI is InChI=1S/C10H18N4O/c1-7(2)9(11)4-8(15)5-10-12-6-13-14(10)3/h6-7,9H,4-5,11H2,1-3H3. The summed E-state index contributed by atoms with van der Waals surface area (Å²) in [6, 6.07) is -0.0641. The molecule has 0 aromatic carbocycles. The average Bonchev–Trinajstić information content (AvgIpc) is 2.51. The number of ketones is 1. The number of hydrogen-bond acceptors (Lipinski definition) is 4. The molecule has 0 radical (unpaired) electrons. The van der Waals surface area contributed by atoms with Gasteiger partial charge in [0.1, 0.15) is 17.9 Å². The number of nitrogens with two attached hydrogens (primary N) is 1. The van der Waals surface area contributed by atoms with E-state index in [4.69, 9.17) is 5.73 Å². The molecule has 2 N–H and O–H groups in total. The minimum absolute atomic E-state index is 0.0641. The highest BCUT2D eigenvalue weighted by Gasteiger charge is 2.14. The number of rotatable bonds is 5. The van der Waals surface area contributed by atoms with Gasteiger partial charge in [-0.3, -0.25) is 9.48 Å². The Kier molecular flexibility index (Phi) is 3.96. The number of nitrogens with zero attached hydrogens (tertiary/aromatic N) is 3. The number of aromatic nitrogens is 3. The van der Waals surface area contributed by atoms with Crippen molar-refractivity contribution in [3.8, 4) is 0 Å². The van der Waals surface area contributed by atoms with Crippen molar-refractivity contribution >= 4 is 5.78 Å². The maximum absolute atomic E-state index is 11.6. The lowest BCUT2D eigenvalue weighted by Crippen LogP contribution is -2.30. The summed E-state index contributed by atoms with van der Waals surface area (Å²) in [5, 5.41) is 3.91. The zero-order valence-corrected chi connectivity index (χ0v) is 9.47. The van der Waals surface area contributed by atoms with E-state index in [0.717, 1.165) is 0 Å². The van der Waals surface area contributed by atoms with Crippen molar-refractivity contribution in [1.29, 1.82) is 0 Å². The first-order chi connectivity index (χ1) is 7.00. The fraction of sp³-hybridized carbons (Fsp3) is 0.700. The van der Waals surface area contributed by atoms with Crippen LogP contribution in [0.2, 0.25) is 0 Å². The lowest BCUT2D eigenvalue weighted by atomic mass is 9.98. The highest BCUT2D eigenvalue weighted by atomic mass is 16.1. The Morgan fingerprint density at radius 1 is 1.60 bits per heavy atom. The number of carbonyl (C=O) groups is 1. The molecule has 1 atom stereocenters. The van der Waals surface area contributed by atoms with Crippen LogP contribution in [0.25, 0.3) is 0 Å². The van der Waals surface area contributed by atoms with E-state index in [1.807, 2.05) is 13.8 Å². The topological polar surface area (TPSA) is 73.8 Å². The Labute approximate surface area is 89.7 Å². The van der Waals surface area contributed by atoms with E-state index in [1.54, 1.807) is 11.7 Å². The van der Waals surface area contributed by atoms with Gasteiger partial charge in [0.15, 0.2) is 0 Å². The second-order valence-corrected chi connectivity index (χ2v) is 4.13. The third-order valence-electron chi connectivity index (χ3n) is 2.48. The fourth-order valence-electron chi connectivity index (χ4n) is 1.23. The Morgan fingerprint density at radius 2 is 2.27 bits per heavy atom. The van der Waals surface area contributed by atoms with Crippen LogP contribution in [0, 0.1) is 5.92 Å². The molecular weight excluding hydrogens is 192 g/mol. The van der Waals surface area contributed by atoms with Gasteiger partial charge in [-0.15, -0.1) is 0 Å². The van der Waals surface area contributed by atoms with Crippen molar-refractivity contribution in [1.82, 2.24) is 14.8 Å². The predicted octanol–water partition coefficient (Wildman–Crippen LogP) is 0.300. The molecule has 0 aliphatic heterocycles. The van der Waals surface area contributed by atoms with E-state index in [1.165, 1.54) is 6.33 Å². The van der Waals surface area contributed by atoms with Crippen molar-refractivity contribution in [2.45, 2.75) is 32.7 Å². The van der Waals surface area contributed by atoms with Gasteiger partial charge in [-0.05, 0) is 5.92 Å². The van der Waals surface area contributed by atoms with Gasteiger partial charge < -0.3 is 5.73 Å². The molecule has 0 aliphatic carbocycles. The summed E-state index contributed by atoms with van der Waals surface area (Å²) in [6.07, 6.45) is 2.17. The zero-order chi connectivity index (χ0) is 11.4. The van der Waals surface area contributed by atoms with Crippen molar-refractivity contribution in [2.24, 2.45) is 18.7 Å². The van der Waals surface area contributed by atoms with Crippen molar-refractivity contribution in [3.05, 3.63) is 12.2 Å². The summed E-state index contributed by atoms with van der Waals surface area (Å²) >= 11 is 0. The molecule has 1 rings (SSSR count). The van der Waals surface area contributed by atoms with Crippen LogP contribution in [0.4, 0.5) is 0 Å². The van der Waals surface area contributed by atoms with Crippen LogP contribution < -0.4 is 5.73 Å². The van der Waals surface area contributed by atoms with Crippen LogP contribution in [0.3, 0.4) is 0 Å². The van der Waals surface area contributed by atoms with Gasteiger partial charge in [-0.2, -0.15) is 5.10 Å². The Hall–Kier alpha value is -1.23. The minimum atomic E-state index is -0.0641. The number of hydrogen-bond donors (Lipinski definition) is 1. The summed E-state index contributed by atoms with van der Waals surface area (Å²) < 4.78 is 1.61. The lowest BCUT2D eigenvalue weighted by Gasteiger charge is -2.13. The first kappa shape index (κ1) is 11.8. The number of carbonyl (C=O) groups excluding carboxylic acids is 1. The van der Waals surface area contributed by atoms with Gasteiger partial charge in [-0.25, -0.2) is 4.98 Å². The van der Waals surface area contributed by atoms with Gasteiger partial charge >= 0.3 is 0 Å². The molecule has 1 aromatic heterocycles. The molecule has 5 nitrogen and oxygen atoms in total. The van der Waals surface area contributed by atoms with E-state index < -0.39 is 0 Å². The molecule has 15 heavy (non-hydrogen) atoms. The van der Waals surface area contributed by atoms with Gasteiger partial charge in [0, 0.05) is 19.5 Å². The number of Topliss-reactive ketones (excluding diaryl/α,β-unsaturated/α-hetero) is 1. The molecule has 1 heterocycles. The molecule has 0 spiro atoms.